The van der Waals surface area contributed by atoms with Gasteiger partial charge in [-0.1, -0.05) is 0 Å². The number of carbonyl (C=O) groups is 2. The fourth-order valence-corrected chi connectivity index (χ4v) is 2.17. The number of nitrogens with one attached hydrogen (secondary N) is 1. The van der Waals surface area contributed by atoms with Crippen molar-refractivity contribution in [3.63, 3.8) is 0 Å². The van der Waals surface area contributed by atoms with E-state index in [0.29, 0.717) is 4.90 Å². The van der Waals surface area contributed by atoms with Gasteiger partial charge in [-0.05, 0) is 26.0 Å². The van der Waals surface area contributed by atoms with E-state index < -0.39 is 28.1 Å². The van der Waals surface area contributed by atoms with E-state index in [4.69, 9.17) is 5.11 Å². The molecule has 0 fully saturated rings. The number of nitro benzene ring substituents is 1. The van der Waals surface area contributed by atoms with Crippen LogP contribution in [0.5, 0.6) is 0 Å². The number of carboxylic acids is 1. The zero-order valence-electron chi connectivity index (χ0n) is 10.9. The van der Waals surface area contributed by atoms with Gasteiger partial charge in [-0.2, -0.15) is 0 Å². The molecule has 1 rings (SSSR count). The fourth-order valence-electron chi connectivity index (χ4n) is 1.30. The first-order valence-electron chi connectivity index (χ1n) is 5.75. The van der Waals surface area contributed by atoms with Crippen molar-refractivity contribution in [2.24, 2.45) is 0 Å². The molecule has 1 unspecified atom stereocenters. The number of carboxylic acid groups (broad SMARTS) is 1. The average Bonchev–Trinajstić information content (AvgIpc) is 2.38. The molecule has 1 aromatic carbocycles. The number of non-ortho nitro benzene ring substituents is 1. The smallest absolute Gasteiger partial charge is 0.325 e. The summed E-state index contributed by atoms with van der Waals surface area (Å²) in [5.74, 6) is -1.51. The van der Waals surface area contributed by atoms with Gasteiger partial charge in [0.15, 0.2) is 0 Å². The van der Waals surface area contributed by atoms with Gasteiger partial charge in [0.2, 0.25) is 5.91 Å². The summed E-state index contributed by atoms with van der Waals surface area (Å²) in [6.45, 7) is 3.01. The maximum absolute atomic E-state index is 11.7. The van der Waals surface area contributed by atoms with Crippen LogP contribution in [0.3, 0.4) is 0 Å². The lowest BCUT2D eigenvalue weighted by Crippen LogP contribution is -2.41. The largest absolute Gasteiger partial charge is 0.480 e. The minimum Gasteiger partial charge on any atom is -0.480 e. The normalized spacial score (nSPS) is 13.3. The standard InChI is InChI=1S/C12H14N2O5S/c1-7(12(16)17)13-11(15)8(2)20-10-5-3-9(4-6-10)14(18)19/h3-8H,1-2H3,(H,13,15)(H,16,17)/t7-,8?/m0/s1. The van der Waals surface area contributed by atoms with Crippen LogP contribution in [0.2, 0.25) is 0 Å². The summed E-state index contributed by atoms with van der Waals surface area (Å²) in [6.07, 6.45) is 0. The van der Waals surface area contributed by atoms with Crippen molar-refractivity contribution < 1.29 is 19.6 Å². The van der Waals surface area contributed by atoms with Gasteiger partial charge in [0.25, 0.3) is 5.69 Å². The molecule has 0 aliphatic rings. The van der Waals surface area contributed by atoms with Gasteiger partial charge in [-0.15, -0.1) is 11.8 Å². The van der Waals surface area contributed by atoms with Crippen molar-refractivity contribution in [2.75, 3.05) is 0 Å². The number of nitrogens with zero attached hydrogens (tertiary/aromatic N) is 1. The van der Waals surface area contributed by atoms with Crippen LogP contribution in [0.25, 0.3) is 0 Å². The average molecular weight is 298 g/mol. The van der Waals surface area contributed by atoms with E-state index in [1.165, 1.54) is 30.8 Å². The summed E-state index contributed by atoms with van der Waals surface area (Å²) in [5.41, 5.74) is -0.0223. The van der Waals surface area contributed by atoms with E-state index in [0.717, 1.165) is 0 Å². The Bertz CT molecular complexity index is 517. The molecule has 108 valence electrons. The number of hydrogen-bond donors (Lipinski definition) is 2. The first-order chi connectivity index (χ1) is 9.31. The Morgan fingerprint density at radius 1 is 1.30 bits per heavy atom. The second-order valence-corrected chi connectivity index (χ2v) is 5.49. The molecule has 0 aromatic heterocycles. The predicted molar refractivity (Wildman–Crippen MR) is 73.7 cm³/mol. The molecule has 0 spiro atoms. The van der Waals surface area contributed by atoms with E-state index in [9.17, 15) is 19.7 Å². The molecule has 1 aromatic rings. The highest BCUT2D eigenvalue weighted by atomic mass is 32.2. The van der Waals surface area contributed by atoms with Crippen LogP contribution < -0.4 is 5.32 Å². The van der Waals surface area contributed by atoms with Crippen molar-refractivity contribution in [3.05, 3.63) is 34.4 Å². The highest BCUT2D eigenvalue weighted by Gasteiger charge is 2.20. The van der Waals surface area contributed by atoms with Gasteiger partial charge in [0.05, 0.1) is 10.2 Å². The van der Waals surface area contributed by atoms with Gasteiger partial charge in [-0.25, -0.2) is 0 Å². The van der Waals surface area contributed by atoms with Crippen molar-refractivity contribution in [1.82, 2.24) is 5.32 Å². The number of nitro groups is 1. The van der Waals surface area contributed by atoms with Crippen LogP contribution in [0.4, 0.5) is 5.69 Å². The summed E-state index contributed by atoms with van der Waals surface area (Å²) in [7, 11) is 0. The second kappa shape index (κ2) is 6.90. The van der Waals surface area contributed by atoms with Crippen LogP contribution in [0.1, 0.15) is 13.8 Å². The molecule has 0 saturated heterocycles. The maximum Gasteiger partial charge on any atom is 0.325 e. The molecule has 0 saturated carbocycles. The molecule has 0 heterocycles. The Morgan fingerprint density at radius 2 is 1.85 bits per heavy atom. The monoisotopic (exact) mass is 298 g/mol. The number of amides is 1. The summed E-state index contributed by atoms with van der Waals surface area (Å²) >= 11 is 1.20. The molecule has 0 bridgehead atoms. The molecule has 2 N–H and O–H groups in total. The maximum atomic E-state index is 11.7. The van der Waals surface area contributed by atoms with Crippen molar-refractivity contribution in [2.45, 2.75) is 30.0 Å². The third-order valence-electron chi connectivity index (χ3n) is 2.46. The quantitative estimate of drug-likeness (QED) is 0.469. The van der Waals surface area contributed by atoms with Gasteiger partial charge < -0.3 is 10.4 Å². The SMILES string of the molecule is CC(Sc1ccc([N+](=O)[O-])cc1)C(=O)N[C@@H](C)C(=O)O. The Kier molecular flexibility index (Phi) is 5.51. The number of benzene rings is 1. The molecule has 8 heteroatoms. The molecule has 2 atom stereocenters. The topological polar surface area (TPSA) is 110 Å². The molecule has 20 heavy (non-hydrogen) atoms. The highest BCUT2D eigenvalue weighted by molar-refractivity contribution is 8.00. The number of thioether (sulfide) groups is 1. The number of hydrogen-bond acceptors (Lipinski definition) is 5. The molecule has 7 nitrogen and oxygen atoms in total. The van der Waals surface area contributed by atoms with Crippen LogP contribution in [-0.4, -0.2) is 33.2 Å². The number of carbonyl (C=O) groups excluding carboxylic acids is 1. The van der Waals surface area contributed by atoms with E-state index >= 15 is 0 Å². The van der Waals surface area contributed by atoms with Crippen LogP contribution in [0, 0.1) is 10.1 Å². The lowest BCUT2D eigenvalue weighted by Gasteiger charge is -2.14. The van der Waals surface area contributed by atoms with Gasteiger partial charge in [-0.3, -0.25) is 19.7 Å². The summed E-state index contributed by atoms with van der Waals surface area (Å²) < 4.78 is 0. The van der Waals surface area contributed by atoms with Crippen LogP contribution in [-0.2, 0) is 9.59 Å². The van der Waals surface area contributed by atoms with Gasteiger partial charge in [0, 0.05) is 17.0 Å². The number of aliphatic carboxylic acids is 1. The summed E-state index contributed by atoms with van der Waals surface area (Å²) in [5, 5.41) is 21.1. The molecular weight excluding hydrogens is 284 g/mol. The Hall–Kier alpha value is -2.09. The highest BCUT2D eigenvalue weighted by Crippen LogP contribution is 2.25. The van der Waals surface area contributed by atoms with Crippen molar-refractivity contribution in [3.8, 4) is 0 Å². The zero-order chi connectivity index (χ0) is 15.3. The summed E-state index contributed by atoms with van der Waals surface area (Å²) in [6, 6.07) is 4.85. The molecule has 0 aliphatic heterocycles. The predicted octanol–water partition coefficient (Wildman–Crippen LogP) is 1.66. The molecule has 1 amide bonds. The molecule has 0 radical (unpaired) electrons. The van der Waals surface area contributed by atoms with Crippen LogP contribution >= 0.6 is 11.8 Å². The fraction of sp³-hybridized carbons (Fsp3) is 0.333. The Labute approximate surface area is 119 Å². The third kappa shape index (κ3) is 4.54. The second-order valence-electron chi connectivity index (χ2n) is 4.08. The lowest BCUT2D eigenvalue weighted by atomic mass is 10.3. The minimum absolute atomic E-state index is 0.0223. The van der Waals surface area contributed by atoms with Crippen LogP contribution in [0.15, 0.2) is 29.2 Å². The first-order valence-corrected chi connectivity index (χ1v) is 6.63. The Morgan fingerprint density at radius 3 is 2.30 bits per heavy atom. The van der Waals surface area contributed by atoms with Gasteiger partial charge >= 0.3 is 5.97 Å². The third-order valence-corrected chi connectivity index (χ3v) is 3.57. The van der Waals surface area contributed by atoms with Crippen molar-refractivity contribution in [1.29, 1.82) is 0 Å². The van der Waals surface area contributed by atoms with Crippen molar-refractivity contribution >= 4 is 29.3 Å². The first kappa shape index (κ1) is 16.0. The zero-order valence-corrected chi connectivity index (χ0v) is 11.7. The lowest BCUT2D eigenvalue weighted by molar-refractivity contribution is -0.384. The van der Waals surface area contributed by atoms with E-state index in [1.54, 1.807) is 19.1 Å². The van der Waals surface area contributed by atoms with Gasteiger partial charge in [0.1, 0.15) is 6.04 Å². The Balaban J connectivity index is 2.61. The minimum atomic E-state index is -1.11. The van der Waals surface area contributed by atoms with E-state index in [2.05, 4.69) is 5.32 Å². The van der Waals surface area contributed by atoms with E-state index in [1.807, 2.05) is 0 Å². The number of rotatable bonds is 6. The molecular formula is C12H14N2O5S. The summed E-state index contributed by atoms with van der Waals surface area (Å²) in [4.78, 5) is 33.1. The molecule has 0 aliphatic carbocycles. The van der Waals surface area contributed by atoms with E-state index in [-0.39, 0.29) is 5.69 Å².